The summed E-state index contributed by atoms with van der Waals surface area (Å²) in [4.78, 5) is 15.0. The summed E-state index contributed by atoms with van der Waals surface area (Å²) in [5.41, 5.74) is 2.08. The summed E-state index contributed by atoms with van der Waals surface area (Å²) < 4.78 is 7.20. The molecule has 0 saturated carbocycles. The third-order valence-corrected chi connectivity index (χ3v) is 7.17. The zero-order valence-electron chi connectivity index (χ0n) is 19.0. The molecule has 8 nitrogen and oxygen atoms in total. The Morgan fingerprint density at radius 1 is 1.15 bits per heavy atom. The van der Waals surface area contributed by atoms with E-state index in [0.717, 1.165) is 81.0 Å². The van der Waals surface area contributed by atoms with E-state index in [1.54, 1.807) is 12.1 Å². The summed E-state index contributed by atoms with van der Waals surface area (Å²) in [6, 6.07) is 12.7. The number of non-ortho nitro benzene ring substituents is 1. The van der Waals surface area contributed by atoms with Gasteiger partial charge >= 0.3 is 0 Å². The van der Waals surface area contributed by atoms with Gasteiger partial charge in [-0.15, -0.1) is 0 Å². The number of ether oxygens (including phenoxy) is 1. The second kappa shape index (κ2) is 11.9. The fourth-order valence-electron chi connectivity index (χ4n) is 4.29. The molecule has 2 saturated heterocycles. The van der Waals surface area contributed by atoms with Crippen molar-refractivity contribution in [1.82, 2.24) is 15.1 Å². The third-order valence-electron chi connectivity index (χ3n) is 6.19. The average molecular weight is 549 g/mol. The van der Waals surface area contributed by atoms with Gasteiger partial charge in [-0.3, -0.25) is 15.0 Å². The van der Waals surface area contributed by atoms with E-state index in [4.69, 9.17) is 17.0 Å². The number of hydrogen-bond donors (Lipinski definition) is 2. The Kier molecular flexibility index (Phi) is 8.71. The van der Waals surface area contributed by atoms with Crippen molar-refractivity contribution in [3.63, 3.8) is 0 Å². The number of thiocarbonyl (C=S) groups is 1. The summed E-state index contributed by atoms with van der Waals surface area (Å²) >= 11 is 9.30. The first-order valence-electron chi connectivity index (χ1n) is 11.7. The van der Waals surface area contributed by atoms with E-state index < -0.39 is 4.92 Å². The lowest BCUT2D eigenvalue weighted by atomic mass is 10.1. The molecule has 0 spiro atoms. The van der Waals surface area contributed by atoms with E-state index in [2.05, 4.69) is 54.6 Å². The highest BCUT2D eigenvalue weighted by atomic mass is 79.9. The molecule has 2 heterocycles. The predicted octanol–water partition coefficient (Wildman–Crippen LogP) is 4.39. The average Bonchev–Trinajstić information content (AvgIpc) is 3.07. The van der Waals surface area contributed by atoms with Crippen molar-refractivity contribution < 1.29 is 9.66 Å². The van der Waals surface area contributed by atoms with Gasteiger partial charge in [0.1, 0.15) is 11.9 Å². The quantitative estimate of drug-likeness (QED) is 0.313. The second-order valence-corrected chi connectivity index (χ2v) is 9.92. The van der Waals surface area contributed by atoms with E-state index in [1.807, 2.05) is 0 Å². The first-order chi connectivity index (χ1) is 16.5. The van der Waals surface area contributed by atoms with Crippen LogP contribution in [0.5, 0.6) is 5.75 Å². The first kappa shape index (κ1) is 24.8. The maximum Gasteiger partial charge on any atom is 0.269 e. The Balaban J connectivity index is 1.27. The van der Waals surface area contributed by atoms with Crippen molar-refractivity contribution in [2.24, 2.45) is 0 Å². The monoisotopic (exact) mass is 547 g/mol. The van der Waals surface area contributed by atoms with Gasteiger partial charge in [0.05, 0.1) is 9.40 Å². The lowest BCUT2D eigenvalue weighted by Gasteiger charge is -2.25. The fraction of sp³-hybridized carbons (Fsp3) is 0.458. The van der Waals surface area contributed by atoms with E-state index in [1.165, 1.54) is 17.7 Å². The molecule has 2 aromatic rings. The van der Waals surface area contributed by atoms with Crippen LogP contribution < -0.4 is 15.4 Å². The number of nitrogens with one attached hydrogen (secondary N) is 2. The van der Waals surface area contributed by atoms with Gasteiger partial charge in [-0.2, -0.15) is 0 Å². The lowest BCUT2D eigenvalue weighted by molar-refractivity contribution is -0.384. The Hall–Kier alpha value is -2.27. The lowest BCUT2D eigenvalue weighted by Crippen LogP contribution is -2.37. The molecule has 0 aromatic heterocycles. The van der Waals surface area contributed by atoms with Gasteiger partial charge in [0, 0.05) is 50.5 Å². The molecule has 0 atom stereocenters. The van der Waals surface area contributed by atoms with Crippen LogP contribution in [0, 0.1) is 10.1 Å². The minimum absolute atomic E-state index is 0.0689. The van der Waals surface area contributed by atoms with E-state index in [0.29, 0.717) is 5.11 Å². The number of piperidine rings is 1. The third kappa shape index (κ3) is 6.88. The SMILES string of the molecule is O=[N+]([O-])c1ccc(NC(=S)N2CCCN(Cc3ccc(OC4CCNCC4)c(Br)c3)CC2)cc1. The van der Waals surface area contributed by atoms with Gasteiger partial charge in [-0.05, 0) is 90.3 Å². The smallest absolute Gasteiger partial charge is 0.269 e. The number of nitrogens with zero attached hydrogens (tertiary/aromatic N) is 3. The van der Waals surface area contributed by atoms with Gasteiger partial charge in [0.15, 0.2) is 5.11 Å². The maximum atomic E-state index is 10.8. The van der Waals surface area contributed by atoms with Gasteiger partial charge in [-0.25, -0.2) is 0 Å². The number of nitro benzene ring substituents is 1. The number of hydrogen-bond acceptors (Lipinski definition) is 6. The van der Waals surface area contributed by atoms with Crippen LogP contribution in [0.25, 0.3) is 0 Å². The zero-order valence-corrected chi connectivity index (χ0v) is 21.4. The molecule has 0 unspecified atom stereocenters. The number of benzene rings is 2. The molecule has 10 heteroatoms. The number of anilines is 1. The molecule has 182 valence electrons. The van der Waals surface area contributed by atoms with Gasteiger partial charge in [-0.1, -0.05) is 6.07 Å². The Morgan fingerprint density at radius 2 is 1.91 bits per heavy atom. The molecular weight excluding hydrogens is 518 g/mol. The zero-order chi connectivity index (χ0) is 23.9. The molecule has 0 bridgehead atoms. The van der Waals surface area contributed by atoms with Crippen LogP contribution in [0.15, 0.2) is 46.9 Å². The Labute approximate surface area is 213 Å². The molecule has 34 heavy (non-hydrogen) atoms. The molecule has 2 fully saturated rings. The molecule has 2 aromatic carbocycles. The molecular formula is C24H30BrN5O3S. The van der Waals surface area contributed by atoms with Crippen molar-refractivity contribution in [2.45, 2.75) is 31.9 Å². The summed E-state index contributed by atoms with van der Waals surface area (Å²) in [5, 5.41) is 18.1. The predicted molar refractivity (Wildman–Crippen MR) is 141 cm³/mol. The standard InChI is InChI=1S/C24H30BrN5O3S/c25-22-16-18(2-7-23(22)33-21-8-10-26-11-9-21)17-28-12-1-13-29(15-14-28)24(34)27-19-3-5-20(6-4-19)30(31)32/h2-7,16,21,26H,1,8-15,17H2,(H,27,34). The van der Waals surface area contributed by atoms with Crippen molar-refractivity contribution in [2.75, 3.05) is 44.6 Å². The second-order valence-electron chi connectivity index (χ2n) is 8.68. The van der Waals surface area contributed by atoms with Crippen LogP contribution in [-0.4, -0.2) is 65.2 Å². The normalized spacial score (nSPS) is 17.7. The van der Waals surface area contributed by atoms with Crippen LogP contribution in [0.4, 0.5) is 11.4 Å². The summed E-state index contributed by atoms with van der Waals surface area (Å²) in [5.74, 6) is 0.917. The summed E-state index contributed by atoms with van der Waals surface area (Å²) in [6.07, 6.45) is 3.38. The molecule has 0 aliphatic carbocycles. The van der Waals surface area contributed by atoms with Crippen LogP contribution in [0.2, 0.25) is 0 Å². The molecule has 4 rings (SSSR count). The Morgan fingerprint density at radius 3 is 2.62 bits per heavy atom. The van der Waals surface area contributed by atoms with Crippen LogP contribution in [-0.2, 0) is 6.54 Å². The van der Waals surface area contributed by atoms with Crippen molar-refractivity contribution in [3.05, 3.63) is 62.6 Å². The van der Waals surface area contributed by atoms with Gasteiger partial charge in [0.2, 0.25) is 0 Å². The van der Waals surface area contributed by atoms with Crippen molar-refractivity contribution >= 4 is 44.6 Å². The van der Waals surface area contributed by atoms with Crippen molar-refractivity contribution in [3.8, 4) is 5.75 Å². The molecule has 0 amide bonds. The number of rotatable bonds is 6. The topological polar surface area (TPSA) is 82.9 Å². The highest BCUT2D eigenvalue weighted by Crippen LogP contribution is 2.29. The number of nitro groups is 1. The summed E-state index contributed by atoms with van der Waals surface area (Å²) in [6.45, 7) is 6.52. The maximum absolute atomic E-state index is 10.8. The first-order valence-corrected chi connectivity index (χ1v) is 12.9. The molecule has 2 aliphatic rings. The van der Waals surface area contributed by atoms with E-state index >= 15 is 0 Å². The van der Waals surface area contributed by atoms with Crippen LogP contribution in [0.3, 0.4) is 0 Å². The minimum Gasteiger partial charge on any atom is -0.489 e. The minimum atomic E-state index is -0.404. The van der Waals surface area contributed by atoms with Crippen molar-refractivity contribution in [1.29, 1.82) is 0 Å². The number of halogens is 1. The van der Waals surface area contributed by atoms with Gasteiger partial charge in [0.25, 0.3) is 5.69 Å². The molecule has 2 aliphatic heterocycles. The highest BCUT2D eigenvalue weighted by molar-refractivity contribution is 9.10. The molecule has 2 N–H and O–H groups in total. The highest BCUT2D eigenvalue weighted by Gasteiger charge is 2.19. The Bertz CT molecular complexity index is 1000. The van der Waals surface area contributed by atoms with E-state index in [9.17, 15) is 10.1 Å². The van der Waals surface area contributed by atoms with E-state index in [-0.39, 0.29) is 11.8 Å². The van der Waals surface area contributed by atoms with Crippen LogP contribution in [0.1, 0.15) is 24.8 Å². The fourth-order valence-corrected chi connectivity index (χ4v) is 5.11. The summed E-state index contributed by atoms with van der Waals surface area (Å²) in [7, 11) is 0. The van der Waals surface area contributed by atoms with Gasteiger partial charge < -0.3 is 20.3 Å². The van der Waals surface area contributed by atoms with Crippen LogP contribution >= 0.6 is 28.1 Å². The molecule has 0 radical (unpaired) electrons. The largest absolute Gasteiger partial charge is 0.489 e.